The van der Waals surface area contributed by atoms with Gasteiger partial charge in [0.05, 0.1) is 5.25 Å². The first-order valence-electron chi connectivity index (χ1n) is 5.22. The lowest BCUT2D eigenvalue weighted by Gasteiger charge is -2.46. The molecule has 0 aromatic heterocycles. The molecule has 1 N–H and O–H groups in total. The van der Waals surface area contributed by atoms with E-state index in [4.69, 9.17) is 0 Å². The van der Waals surface area contributed by atoms with Crippen LogP contribution in [0.2, 0.25) is 0 Å². The van der Waals surface area contributed by atoms with Crippen LogP contribution < -0.4 is 5.32 Å². The van der Waals surface area contributed by atoms with E-state index < -0.39 is 10.8 Å². The predicted octanol–water partition coefficient (Wildman–Crippen LogP) is 1.29. The smallest absolute Gasteiger partial charge is 0.0506 e. The summed E-state index contributed by atoms with van der Waals surface area (Å²) >= 11 is 0. The zero-order valence-corrected chi connectivity index (χ0v) is 9.32. The van der Waals surface area contributed by atoms with Gasteiger partial charge in [-0.15, -0.1) is 0 Å². The monoisotopic (exact) mass is 201 g/mol. The van der Waals surface area contributed by atoms with Crippen molar-refractivity contribution in [2.45, 2.75) is 44.4 Å². The van der Waals surface area contributed by atoms with Gasteiger partial charge in [-0.2, -0.15) is 0 Å². The van der Waals surface area contributed by atoms with Gasteiger partial charge in [0.15, 0.2) is 0 Å². The van der Waals surface area contributed by atoms with Gasteiger partial charge in [-0.25, -0.2) is 0 Å². The minimum atomic E-state index is -0.566. The Labute approximate surface area is 82.9 Å². The number of nitrogens with one attached hydrogen (secondary N) is 1. The maximum absolute atomic E-state index is 11.8. The summed E-state index contributed by atoms with van der Waals surface area (Å²) in [6.07, 6.45) is 3.69. The zero-order valence-electron chi connectivity index (χ0n) is 8.51. The summed E-state index contributed by atoms with van der Waals surface area (Å²) < 4.78 is 11.8. The lowest BCUT2D eigenvalue weighted by Crippen LogP contribution is -2.58. The quantitative estimate of drug-likeness (QED) is 0.640. The molecule has 76 valence electrons. The molecule has 2 rings (SSSR count). The summed E-state index contributed by atoms with van der Waals surface area (Å²) in [6, 6.07) is 0.496. The van der Waals surface area contributed by atoms with Gasteiger partial charge in [0.1, 0.15) is 0 Å². The molecule has 13 heavy (non-hydrogen) atoms. The number of fused-ring (bicyclic) bond motifs is 1. The number of hydrogen-bond acceptors (Lipinski definition) is 2. The lowest BCUT2D eigenvalue weighted by atomic mass is 9.73. The van der Waals surface area contributed by atoms with E-state index in [-0.39, 0.29) is 0 Å². The highest BCUT2D eigenvalue weighted by molar-refractivity contribution is 7.85. The maximum Gasteiger partial charge on any atom is 0.0506 e. The molecule has 3 atom stereocenters. The van der Waals surface area contributed by atoms with Crippen molar-refractivity contribution in [3.63, 3.8) is 0 Å². The fraction of sp³-hybridized carbons (Fsp3) is 1.00. The molecule has 0 radical (unpaired) electrons. The zero-order chi connectivity index (χ0) is 9.47. The van der Waals surface area contributed by atoms with Crippen LogP contribution in [0, 0.1) is 5.41 Å². The van der Waals surface area contributed by atoms with Crippen molar-refractivity contribution in [3.8, 4) is 0 Å². The van der Waals surface area contributed by atoms with Gasteiger partial charge in [-0.1, -0.05) is 20.3 Å². The van der Waals surface area contributed by atoms with Crippen LogP contribution in [0.1, 0.15) is 33.1 Å². The molecule has 0 bridgehead atoms. The molecule has 1 heterocycles. The minimum absolute atomic E-state index is 0.346. The molecule has 1 aliphatic heterocycles. The second kappa shape index (κ2) is 3.35. The van der Waals surface area contributed by atoms with Gasteiger partial charge < -0.3 is 5.32 Å². The summed E-state index contributed by atoms with van der Waals surface area (Å²) in [7, 11) is -0.566. The number of rotatable bonds is 0. The maximum atomic E-state index is 11.8. The van der Waals surface area contributed by atoms with E-state index in [1.165, 1.54) is 12.8 Å². The minimum Gasteiger partial charge on any atom is -0.311 e. The summed E-state index contributed by atoms with van der Waals surface area (Å²) in [6.45, 7) is 5.55. The standard InChI is InChI=1S/C10H19NOS/c1-10(2)5-3-4-8-9(10)11-6-7-13(8)12/h8-9,11H,3-7H2,1-2H3. The molecule has 3 heteroatoms. The van der Waals surface area contributed by atoms with Gasteiger partial charge >= 0.3 is 0 Å². The first-order chi connectivity index (χ1) is 6.11. The highest BCUT2D eigenvalue weighted by atomic mass is 32.2. The fourth-order valence-electron chi connectivity index (χ4n) is 2.74. The Balaban J connectivity index is 2.19. The normalized spacial score (nSPS) is 44.0. The van der Waals surface area contributed by atoms with Crippen LogP contribution >= 0.6 is 0 Å². The molecule has 1 aliphatic carbocycles. The summed E-state index contributed by atoms with van der Waals surface area (Å²) in [5.41, 5.74) is 0.346. The molecule has 3 unspecified atom stereocenters. The van der Waals surface area contributed by atoms with E-state index in [2.05, 4.69) is 19.2 Å². The van der Waals surface area contributed by atoms with Crippen LogP contribution in [0.3, 0.4) is 0 Å². The van der Waals surface area contributed by atoms with E-state index in [9.17, 15) is 4.21 Å². The van der Waals surface area contributed by atoms with Crippen molar-refractivity contribution in [3.05, 3.63) is 0 Å². The Hall–Kier alpha value is 0.110. The van der Waals surface area contributed by atoms with Gasteiger partial charge in [0.25, 0.3) is 0 Å². The van der Waals surface area contributed by atoms with Gasteiger partial charge in [-0.3, -0.25) is 4.21 Å². The molecule has 1 saturated carbocycles. The molecule has 2 fully saturated rings. The Morgan fingerprint density at radius 2 is 2.23 bits per heavy atom. The summed E-state index contributed by atoms with van der Waals surface area (Å²) in [5, 5.41) is 3.98. The third-order valence-corrected chi connectivity index (χ3v) is 5.32. The fourth-order valence-corrected chi connectivity index (χ4v) is 4.56. The van der Waals surface area contributed by atoms with Crippen molar-refractivity contribution < 1.29 is 4.21 Å². The third-order valence-electron chi connectivity index (χ3n) is 3.53. The van der Waals surface area contributed by atoms with Crippen molar-refractivity contribution in [1.82, 2.24) is 5.32 Å². The Bertz CT molecular complexity index is 227. The second-order valence-corrected chi connectivity index (χ2v) is 6.71. The lowest BCUT2D eigenvalue weighted by molar-refractivity contribution is 0.170. The molecule has 0 amide bonds. The molecular weight excluding hydrogens is 182 g/mol. The van der Waals surface area contributed by atoms with Crippen molar-refractivity contribution in [2.24, 2.45) is 5.41 Å². The average molecular weight is 201 g/mol. The van der Waals surface area contributed by atoms with E-state index in [1.54, 1.807) is 0 Å². The molecule has 0 aromatic rings. The Kier molecular flexibility index (Phi) is 2.49. The van der Waals surface area contributed by atoms with Crippen LogP contribution in [0.25, 0.3) is 0 Å². The Morgan fingerprint density at radius 1 is 1.46 bits per heavy atom. The summed E-state index contributed by atoms with van der Waals surface area (Å²) in [4.78, 5) is 0. The van der Waals surface area contributed by atoms with Crippen LogP contribution in [0.15, 0.2) is 0 Å². The van der Waals surface area contributed by atoms with Crippen molar-refractivity contribution >= 4 is 10.8 Å². The van der Waals surface area contributed by atoms with E-state index in [0.717, 1.165) is 18.7 Å². The topological polar surface area (TPSA) is 29.1 Å². The molecule has 2 nitrogen and oxygen atoms in total. The van der Waals surface area contributed by atoms with Crippen LogP contribution in [-0.4, -0.2) is 27.8 Å². The van der Waals surface area contributed by atoms with Crippen LogP contribution in [0.5, 0.6) is 0 Å². The number of hydrogen-bond donors (Lipinski definition) is 1. The predicted molar refractivity (Wildman–Crippen MR) is 56.2 cm³/mol. The van der Waals surface area contributed by atoms with Crippen molar-refractivity contribution in [1.29, 1.82) is 0 Å². The first kappa shape index (κ1) is 9.66. The van der Waals surface area contributed by atoms with E-state index in [0.29, 0.717) is 16.7 Å². The van der Waals surface area contributed by atoms with E-state index in [1.807, 2.05) is 0 Å². The highest BCUT2D eigenvalue weighted by Gasteiger charge is 2.43. The third kappa shape index (κ3) is 1.68. The van der Waals surface area contributed by atoms with E-state index >= 15 is 0 Å². The summed E-state index contributed by atoms with van der Waals surface area (Å²) in [5.74, 6) is 0.858. The van der Waals surface area contributed by atoms with Crippen LogP contribution in [-0.2, 0) is 10.8 Å². The average Bonchev–Trinajstić information content (AvgIpc) is 2.06. The van der Waals surface area contributed by atoms with Gasteiger partial charge in [-0.05, 0) is 18.3 Å². The van der Waals surface area contributed by atoms with Gasteiger partial charge in [0.2, 0.25) is 0 Å². The Morgan fingerprint density at radius 3 is 2.92 bits per heavy atom. The highest BCUT2D eigenvalue weighted by Crippen LogP contribution is 2.38. The van der Waals surface area contributed by atoms with Gasteiger partial charge in [0, 0.05) is 29.1 Å². The molecule has 2 aliphatic rings. The molecule has 0 aromatic carbocycles. The largest absolute Gasteiger partial charge is 0.311 e. The molecule has 1 saturated heterocycles. The SMILES string of the molecule is CC1(C)CCCC2C1NCCS2=O. The first-order valence-corrected chi connectivity index (χ1v) is 6.60. The molecule has 0 spiro atoms. The van der Waals surface area contributed by atoms with Crippen LogP contribution in [0.4, 0.5) is 0 Å². The molecular formula is C10H19NOS. The van der Waals surface area contributed by atoms with Crippen molar-refractivity contribution in [2.75, 3.05) is 12.3 Å². The second-order valence-electron chi connectivity index (χ2n) is 4.94.